The van der Waals surface area contributed by atoms with Gasteiger partial charge in [0.2, 0.25) is 0 Å². The molecule has 0 fully saturated rings. The molecule has 0 saturated heterocycles. The summed E-state index contributed by atoms with van der Waals surface area (Å²) in [6.07, 6.45) is 3.64. The molecule has 84 valence electrons. The number of halogens is 1. The van der Waals surface area contributed by atoms with Crippen molar-refractivity contribution >= 4 is 11.6 Å². The van der Waals surface area contributed by atoms with Gasteiger partial charge >= 0.3 is 0 Å². The number of aromatic nitrogens is 4. The highest BCUT2D eigenvalue weighted by molar-refractivity contribution is 6.20. The topological polar surface area (TPSA) is 43.6 Å². The third kappa shape index (κ3) is 2.39. The molecule has 0 aliphatic rings. The summed E-state index contributed by atoms with van der Waals surface area (Å²) in [6, 6.07) is 3.96. The molecule has 4 nitrogen and oxygen atoms in total. The number of alkyl halides is 1. The summed E-state index contributed by atoms with van der Waals surface area (Å²) in [5.41, 5.74) is 2.94. The van der Waals surface area contributed by atoms with Crippen LogP contribution in [0.3, 0.4) is 0 Å². The number of rotatable bonds is 3. The van der Waals surface area contributed by atoms with Crippen molar-refractivity contribution in [3.63, 3.8) is 0 Å². The molecule has 0 spiro atoms. The SMILES string of the molecule is Cc1cccnc1Cn1cc(C(C)Cl)nn1. The smallest absolute Gasteiger partial charge is 0.100 e. The predicted octanol–water partition coefficient (Wildman–Crippen LogP) is 2.33. The molecule has 0 bridgehead atoms. The zero-order valence-corrected chi connectivity index (χ0v) is 10.0. The lowest BCUT2D eigenvalue weighted by Gasteiger charge is -2.03. The molecule has 5 heteroatoms. The van der Waals surface area contributed by atoms with Crippen LogP contribution >= 0.6 is 11.6 Å². The number of aryl methyl sites for hydroxylation is 1. The maximum Gasteiger partial charge on any atom is 0.100 e. The average molecular weight is 237 g/mol. The van der Waals surface area contributed by atoms with E-state index in [9.17, 15) is 0 Å². The first-order valence-corrected chi connectivity index (χ1v) is 5.55. The first-order chi connectivity index (χ1) is 7.66. The highest BCUT2D eigenvalue weighted by atomic mass is 35.5. The molecule has 0 amide bonds. The van der Waals surface area contributed by atoms with Crippen LogP contribution in [0.2, 0.25) is 0 Å². The Bertz CT molecular complexity index is 478. The molecule has 2 aromatic heterocycles. The van der Waals surface area contributed by atoms with Gasteiger partial charge in [-0.25, -0.2) is 4.68 Å². The van der Waals surface area contributed by atoms with Gasteiger partial charge < -0.3 is 0 Å². The quantitative estimate of drug-likeness (QED) is 0.769. The van der Waals surface area contributed by atoms with Crippen molar-refractivity contribution in [1.29, 1.82) is 0 Å². The summed E-state index contributed by atoms with van der Waals surface area (Å²) < 4.78 is 1.75. The van der Waals surface area contributed by atoms with E-state index in [0.29, 0.717) is 6.54 Å². The van der Waals surface area contributed by atoms with E-state index in [1.54, 1.807) is 10.9 Å². The Morgan fingerprint density at radius 1 is 1.50 bits per heavy atom. The summed E-state index contributed by atoms with van der Waals surface area (Å²) in [5, 5.41) is 7.90. The van der Waals surface area contributed by atoms with Crippen molar-refractivity contribution in [2.45, 2.75) is 25.8 Å². The Morgan fingerprint density at radius 3 is 2.94 bits per heavy atom. The van der Waals surface area contributed by atoms with Gasteiger partial charge in [-0.05, 0) is 25.5 Å². The third-order valence-electron chi connectivity index (χ3n) is 2.39. The Kier molecular flexibility index (Phi) is 3.19. The fraction of sp³-hybridized carbons (Fsp3) is 0.364. The molecule has 0 aliphatic heterocycles. The molecule has 16 heavy (non-hydrogen) atoms. The van der Waals surface area contributed by atoms with E-state index in [-0.39, 0.29) is 5.38 Å². The second-order valence-corrected chi connectivity index (χ2v) is 4.38. The molecule has 0 saturated carbocycles. The molecule has 0 radical (unpaired) electrons. The Morgan fingerprint density at radius 2 is 2.31 bits per heavy atom. The summed E-state index contributed by atoms with van der Waals surface area (Å²) in [4.78, 5) is 4.31. The molecule has 0 N–H and O–H groups in total. The van der Waals surface area contributed by atoms with Crippen LogP contribution in [0, 0.1) is 6.92 Å². The van der Waals surface area contributed by atoms with E-state index in [0.717, 1.165) is 17.0 Å². The van der Waals surface area contributed by atoms with E-state index in [1.165, 1.54) is 0 Å². The highest BCUT2D eigenvalue weighted by Gasteiger charge is 2.07. The van der Waals surface area contributed by atoms with Gasteiger partial charge in [-0.3, -0.25) is 4.98 Å². The fourth-order valence-corrected chi connectivity index (χ4v) is 1.51. The Labute approximate surface area is 99.3 Å². The van der Waals surface area contributed by atoms with Crippen LogP contribution in [0.15, 0.2) is 24.5 Å². The molecule has 1 unspecified atom stereocenters. The maximum atomic E-state index is 5.92. The number of pyridine rings is 1. The lowest BCUT2D eigenvalue weighted by atomic mass is 10.2. The van der Waals surface area contributed by atoms with Crippen LogP contribution in [-0.2, 0) is 6.54 Å². The summed E-state index contributed by atoms with van der Waals surface area (Å²) in [7, 11) is 0. The van der Waals surface area contributed by atoms with Gasteiger partial charge in [-0.2, -0.15) is 0 Å². The second kappa shape index (κ2) is 4.61. The summed E-state index contributed by atoms with van der Waals surface area (Å²) >= 11 is 5.92. The van der Waals surface area contributed by atoms with Crippen molar-refractivity contribution in [3.05, 3.63) is 41.5 Å². The Hall–Kier alpha value is -1.42. The van der Waals surface area contributed by atoms with E-state index in [1.807, 2.05) is 32.2 Å². The van der Waals surface area contributed by atoms with Crippen molar-refractivity contribution in [1.82, 2.24) is 20.0 Å². The lowest BCUT2D eigenvalue weighted by molar-refractivity contribution is 0.635. The fourth-order valence-electron chi connectivity index (χ4n) is 1.41. The standard InChI is InChI=1S/C11H13ClN4/c1-8-4-3-5-13-10(8)6-16-7-11(9(2)12)14-15-16/h3-5,7,9H,6H2,1-2H3. The molecule has 2 rings (SSSR count). The van der Waals surface area contributed by atoms with Crippen LogP contribution in [0.25, 0.3) is 0 Å². The zero-order valence-electron chi connectivity index (χ0n) is 9.26. The highest BCUT2D eigenvalue weighted by Crippen LogP contribution is 2.15. The molecule has 2 aromatic rings. The third-order valence-corrected chi connectivity index (χ3v) is 2.62. The lowest BCUT2D eigenvalue weighted by Crippen LogP contribution is -2.04. The van der Waals surface area contributed by atoms with Crippen LogP contribution in [0.1, 0.15) is 29.3 Å². The molecule has 2 heterocycles. The van der Waals surface area contributed by atoms with Crippen molar-refractivity contribution in [3.8, 4) is 0 Å². The van der Waals surface area contributed by atoms with Crippen molar-refractivity contribution in [2.24, 2.45) is 0 Å². The molecular weight excluding hydrogens is 224 g/mol. The van der Waals surface area contributed by atoms with Crippen LogP contribution in [0.4, 0.5) is 0 Å². The van der Waals surface area contributed by atoms with E-state index in [2.05, 4.69) is 15.3 Å². The van der Waals surface area contributed by atoms with E-state index >= 15 is 0 Å². The van der Waals surface area contributed by atoms with Crippen molar-refractivity contribution in [2.75, 3.05) is 0 Å². The summed E-state index contributed by atoms with van der Waals surface area (Å²) in [6.45, 7) is 4.54. The first-order valence-electron chi connectivity index (χ1n) is 5.11. The first kappa shape index (κ1) is 11.1. The van der Waals surface area contributed by atoms with Gasteiger partial charge in [0.25, 0.3) is 0 Å². The molecule has 0 aliphatic carbocycles. The van der Waals surface area contributed by atoms with Crippen LogP contribution in [-0.4, -0.2) is 20.0 Å². The van der Waals surface area contributed by atoms with Gasteiger partial charge in [0.1, 0.15) is 5.69 Å². The number of hydrogen-bond acceptors (Lipinski definition) is 3. The predicted molar refractivity (Wildman–Crippen MR) is 62.4 cm³/mol. The number of nitrogens with zero attached hydrogens (tertiary/aromatic N) is 4. The average Bonchev–Trinajstić information content (AvgIpc) is 2.70. The minimum atomic E-state index is -0.112. The minimum absolute atomic E-state index is 0.112. The minimum Gasteiger partial charge on any atom is -0.259 e. The number of hydrogen-bond donors (Lipinski definition) is 0. The van der Waals surface area contributed by atoms with Crippen LogP contribution < -0.4 is 0 Å². The van der Waals surface area contributed by atoms with Crippen LogP contribution in [0.5, 0.6) is 0 Å². The second-order valence-electron chi connectivity index (χ2n) is 3.72. The summed E-state index contributed by atoms with van der Waals surface area (Å²) in [5.74, 6) is 0. The molecular formula is C11H13ClN4. The van der Waals surface area contributed by atoms with E-state index in [4.69, 9.17) is 11.6 Å². The van der Waals surface area contributed by atoms with Gasteiger partial charge in [0.15, 0.2) is 0 Å². The molecule has 0 aromatic carbocycles. The normalized spacial score (nSPS) is 12.7. The van der Waals surface area contributed by atoms with Gasteiger partial charge in [0.05, 0.1) is 23.8 Å². The van der Waals surface area contributed by atoms with Gasteiger partial charge in [-0.15, -0.1) is 16.7 Å². The van der Waals surface area contributed by atoms with Crippen molar-refractivity contribution < 1.29 is 0 Å². The molecule has 1 atom stereocenters. The van der Waals surface area contributed by atoms with Gasteiger partial charge in [-0.1, -0.05) is 11.3 Å². The maximum absolute atomic E-state index is 5.92. The monoisotopic (exact) mass is 236 g/mol. The van der Waals surface area contributed by atoms with Gasteiger partial charge in [0, 0.05) is 6.20 Å². The van der Waals surface area contributed by atoms with E-state index < -0.39 is 0 Å². The Balaban J connectivity index is 2.18. The largest absolute Gasteiger partial charge is 0.259 e. The zero-order chi connectivity index (χ0) is 11.5.